The van der Waals surface area contributed by atoms with Crippen molar-refractivity contribution in [2.45, 2.75) is 56.5 Å². The van der Waals surface area contributed by atoms with Gasteiger partial charge in [-0.1, -0.05) is 30.6 Å². The lowest BCUT2D eigenvalue weighted by atomic mass is 9.96. The molecular formula is C26H31N3O6S2. The Bertz CT molecular complexity index is 1450. The Morgan fingerprint density at radius 1 is 1.11 bits per heavy atom. The molecule has 0 atom stereocenters. The third kappa shape index (κ3) is 5.94. The average molecular weight is 546 g/mol. The third-order valence-corrected chi connectivity index (χ3v) is 9.51. The standard InChI is InChI=1S/C26H31N3O6S2/c1-4-35-20-12-15-22-23(16-20)36-26(29(22)17-24(30)34-3)27-25(31)18-10-13-21(14-11-18)37(32,33)28(2)19-8-6-5-7-9-19/h10-16,19H,4-9,17H2,1-3H3. The summed E-state index contributed by atoms with van der Waals surface area (Å²) in [5.74, 6) is -0.340. The molecule has 1 aliphatic rings. The highest BCUT2D eigenvalue weighted by Gasteiger charge is 2.29. The summed E-state index contributed by atoms with van der Waals surface area (Å²) in [6.45, 7) is 2.29. The summed E-state index contributed by atoms with van der Waals surface area (Å²) in [4.78, 5) is 29.8. The maximum Gasteiger partial charge on any atom is 0.325 e. The summed E-state index contributed by atoms with van der Waals surface area (Å²) in [7, 11) is -0.740. The van der Waals surface area contributed by atoms with Crippen LogP contribution in [0.5, 0.6) is 5.75 Å². The first-order chi connectivity index (χ1) is 17.7. The highest BCUT2D eigenvalue weighted by atomic mass is 32.2. The number of carbonyl (C=O) groups is 2. The zero-order chi connectivity index (χ0) is 26.6. The first kappa shape index (κ1) is 27.0. The van der Waals surface area contributed by atoms with E-state index in [0.29, 0.717) is 17.2 Å². The van der Waals surface area contributed by atoms with Crippen LogP contribution in [0.1, 0.15) is 49.4 Å². The second-order valence-corrected chi connectivity index (χ2v) is 11.9. The SMILES string of the molecule is CCOc1ccc2c(c1)sc(=NC(=O)c1ccc(S(=O)(=O)N(C)C3CCCCC3)cc1)n2CC(=O)OC. The van der Waals surface area contributed by atoms with Crippen molar-refractivity contribution in [2.24, 2.45) is 4.99 Å². The minimum atomic E-state index is -3.66. The maximum atomic E-state index is 13.1. The molecule has 0 spiro atoms. The van der Waals surface area contributed by atoms with Crippen molar-refractivity contribution in [3.8, 4) is 5.75 Å². The number of methoxy groups -OCH3 is 1. The fraction of sp³-hybridized carbons (Fsp3) is 0.423. The molecule has 1 aromatic heterocycles. The van der Waals surface area contributed by atoms with Crippen molar-refractivity contribution in [2.75, 3.05) is 20.8 Å². The van der Waals surface area contributed by atoms with Gasteiger partial charge in [-0.05, 0) is 62.2 Å². The Balaban J connectivity index is 1.64. The van der Waals surface area contributed by atoms with Crippen molar-refractivity contribution >= 4 is 43.5 Å². The van der Waals surface area contributed by atoms with Crippen LogP contribution in [0.15, 0.2) is 52.4 Å². The highest BCUT2D eigenvalue weighted by molar-refractivity contribution is 7.89. The number of thiazole rings is 1. The number of esters is 1. The normalized spacial score (nSPS) is 15.3. The monoisotopic (exact) mass is 545 g/mol. The van der Waals surface area contributed by atoms with E-state index in [9.17, 15) is 18.0 Å². The quantitative estimate of drug-likeness (QED) is 0.397. The first-order valence-corrected chi connectivity index (χ1v) is 14.5. The lowest BCUT2D eigenvalue weighted by Gasteiger charge is -2.30. The molecule has 4 rings (SSSR count). The van der Waals surface area contributed by atoms with E-state index in [4.69, 9.17) is 9.47 Å². The van der Waals surface area contributed by atoms with Gasteiger partial charge in [0.15, 0.2) is 4.80 Å². The number of nitrogens with zero attached hydrogens (tertiary/aromatic N) is 3. The molecule has 0 radical (unpaired) electrons. The number of benzene rings is 2. The number of amides is 1. The summed E-state index contributed by atoms with van der Waals surface area (Å²) in [6.07, 6.45) is 4.91. The molecular weight excluding hydrogens is 514 g/mol. The van der Waals surface area contributed by atoms with Crippen LogP contribution in [0.25, 0.3) is 10.2 Å². The van der Waals surface area contributed by atoms with Crippen LogP contribution in [-0.2, 0) is 26.1 Å². The molecule has 0 saturated heterocycles. The lowest BCUT2D eigenvalue weighted by molar-refractivity contribution is -0.141. The number of rotatable bonds is 8. The summed E-state index contributed by atoms with van der Waals surface area (Å²) in [6, 6.07) is 11.3. The van der Waals surface area contributed by atoms with Gasteiger partial charge >= 0.3 is 5.97 Å². The van der Waals surface area contributed by atoms with E-state index in [1.54, 1.807) is 17.7 Å². The molecule has 198 valence electrons. The fourth-order valence-electron chi connectivity index (χ4n) is 4.47. The Labute approximate surface area is 220 Å². The van der Waals surface area contributed by atoms with E-state index in [1.807, 2.05) is 19.1 Å². The van der Waals surface area contributed by atoms with Gasteiger partial charge in [0.2, 0.25) is 10.0 Å². The molecule has 1 aliphatic carbocycles. The molecule has 1 saturated carbocycles. The van der Waals surface area contributed by atoms with Gasteiger partial charge in [-0.25, -0.2) is 8.42 Å². The van der Waals surface area contributed by atoms with Crippen LogP contribution in [0, 0.1) is 0 Å². The summed E-state index contributed by atoms with van der Waals surface area (Å²) in [5, 5.41) is 0. The van der Waals surface area contributed by atoms with Crippen LogP contribution in [-0.4, -0.2) is 56.0 Å². The fourth-order valence-corrected chi connectivity index (χ4v) is 6.94. The van der Waals surface area contributed by atoms with Gasteiger partial charge in [0.05, 0.1) is 28.8 Å². The van der Waals surface area contributed by atoms with Gasteiger partial charge in [-0.15, -0.1) is 0 Å². The van der Waals surface area contributed by atoms with Gasteiger partial charge in [-0.3, -0.25) is 9.59 Å². The van der Waals surface area contributed by atoms with Crippen molar-refractivity contribution in [1.82, 2.24) is 8.87 Å². The molecule has 1 heterocycles. The van der Waals surface area contributed by atoms with E-state index in [2.05, 4.69) is 4.99 Å². The zero-order valence-electron chi connectivity index (χ0n) is 21.2. The predicted octanol–water partition coefficient (Wildman–Crippen LogP) is 3.97. The molecule has 1 amide bonds. The topological polar surface area (TPSA) is 107 Å². The van der Waals surface area contributed by atoms with E-state index in [1.165, 1.54) is 47.0 Å². The van der Waals surface area contributed by atoms with Gasteiger partial charge < -0.3 is 14.0 Å². The van der Waals surface area contributed by atoms with Crippen LogP contribution in [0.2, 0.25) is 0 Å². The second kappa shape index (κ2) is 11.6. The molecule has 0 N–H and O–H groups in total. The minimum absolute atomic E-state index is 0.00322. The zero-order valence-corrected chi connectivity index (χ0v) is 22.8. The van der Waals surface area contributed by atoms with Crippen LogP contribution >= 0.6 is 11.3 Å². The molecule has 1 fully saturated rings. The highest BCUT2D eigenvalue weighted by Crippen LogP contribution is 2.27. The van der Waals surface area contributed by atoms with Crippen LogP contribution in [0.4, 0.5) is 0 Å². The van der Waals surface area contributed by atoms with Crippen LogP contribution in [0.3, 0.4) is 0 Å². The molecule has 2 aromatic carbocycles. The minimum Gasteiger partial charge on any atom is -0.494 e. The van der Waals surface area contributed by atoms with Crippen LogP contribution < -0.4 is 9.54 Å². The molecule has 0 unspecified atom stereocenters. The Hall–Kier alpha value is -3.02. The number of aromatic nitrogens is 1. The first-order valence-electron chi connectivity index (χ1n) is 12.2. The molecule has 0 aliphatic heterocycles. The number of sulfonamides is 1. The molecule has 9 nitrogen and oxygen atoms in total. The van der Waals surface area contributed by atoms with E-state index in [0.717, 1.165) is 42.3 Å². The Morgan fingerprint density at radius 2 is 1.81 bits per heavy atom. The predicted molar refractivity (Wildman–Crippen MR) is 141 cm³/mol. The molecule has 11 heteroatoms. The smallest absolute Gasteiger partial charge is 0.325 e. The van der Waals surface area contributed by atoms with E-state index < -0.39 is 21.9 Å². The number of hydrogen-bond acceptors (Lipinski definition) is 7. The largest absolute Gasteiger partial charge is 0.494 e. The van der Waals surface area contributed by atoms with Crippen molar-refractivity contribution in [1.29, 1.82) is 0 Å². The summed E-state index contributed by atoms with van der Waals surface area (Å²) in [5.41, 5.74) is 0.967. The summed E-state index contributed by atoms with van der Waals surface area (Å²) < 4.78 is 40.5. The van der Waals surface area contributed by atoms with Gasteiger partial charge in [0, 0.05) is 18.7 Å². The third-order valence-electron chi connectivity index (χ3n) is 6.54. The number of hydrogen-bond donors (Lipinski definition) is 0. The second-order valence-electron chi connectivity index (χ2n) is 8.86. The number of carbonyl (C=O) groups excluding carboxylic acids is 2. The molecule has 3 aromatic rings. The van der Waals surface area contributed by atoms with E-state index >= 15 is 0 Å². The maximum absolute atomic E-state index is 13.1. The Morgan fingerprint density at radius 3 is 2.46 bits per heavy atom. The van der Waals surface area contributed by atoms with Crippen molar-refractivity contribution < 1.29 is 27.5 Å². The van der Waals surface area contributed by atoms with Gasteiger partial charge in [0.1, 0.15) is 12.3 Å². The van der Waals surface area contributed by atoms with Gasteiger partial charge in [0.25, 0.3) is 5.91 Å². The molecule has 0 bridgehead atoms. The van der Waals surface area contributed by atoms with Gasteiger partial charge in [-0.2, -0.15) is 9.30 Å². The number of ether oxygens (including phenoxy) is 2. The lowest BCUT2D eigenvalue weighted by Crippen LogP contribution is -2.38. The summed E-state index contributed by atoms with van der Waals surface area (Å²) >= 11 is 1.25. The van der Waals surface area contributed by atoms with Crippen molar-refractivity contribution in [3.63, 3.8) is 0 Å². The molecule has 37 heavy (non-hydrogen) atoms. The average Bonchev–Trinajstić information content (AvgIpc) is 3.24. The Kier molecular flexibility index (Phi) is 8.46. The van der Waals surface area contributed by atoms with Crippen molar-refractivity contribution in [3.05, 3.63) is 52.8 Å². The number of fused-ring (bicyclic) bond motifs is 1. The van der Waals surface area contributed by atoms with E-state index in [-0.39, 0.29) is 23.0 Å².